The lowest BCUT2D eigenvalue weighted by Crippen LogP contribution is -2.56. The number of nitrogen functional groups attached to an aromatic ring is 1. The first-order valence-corrected chi connectivity index (χ1v) is 18.7. The number of benzene rings is 3. The number of hydrogen-bond acceptors (Lipinski definition) is 8. The molecular formula is C33H36N6O4S3. The molecule has 3 aromatic carbocycles. The largest absolute Gasteiger partial charge is 0.384 e. The van der Waals surface area contributed by atoms with E-state index >= 15 is 0 Å². The van der Waals surface area contributed by atoms with Gasteiger partial charge in [-0.3, -0.25) is 15.0 Å². The first-order valence-electron chi connectivity index (χ1n) is 14.9. The summed E-state index contributed by atoms with van der Waals surface area (Å²) >= 11 is 0. The molecule has 0 spiro atoms. The summed E-state index contributed by atoms with van der Waals surface area (Å²) in [5.41, 5.74) is 6.93. The number of piperidine rings is 1. The molecule has 13 heteroatoms. The zero-order chi connectivity index (χ0) is 32.5. The Labute approximate surface area is 276 Å². The molecule has 2 amide bonds. The number of nitrogens with two attached hydrogens (primary N) is 1. The van der Waals surface area contributed by atoms with E-state index in [4.69, 9.17) is 11.1 Å². The number of fused-ring (bicyclic) bond motifs is 1. The Morgan fingerprint density at radius 1 is 0.913 bits per heavy atom. The highest BCUT2D eigenvalue weighted by molar-refractivity contribution is 8.76. The van der Waals surface area contributed by atoms with Crippen molar-refractivity contribution in [1.29, 1.82) is 5.41 Å². The van der Waals surface area contributed by atoms with Gasteiger partial charge in [0.2, 0.25) is 21.8 Å². The van der Waals surface area contributed by atoms with Crippen molar-refractivity contribution in [3.8, 4) is 0 Å². The summed E-state index contributed by atoms with van der Waals surface area (Å²) in [6.45, 7) is 1.20. The van der Waals surface area contributed by atoms with Crippen molar-refractivity contribution in [1.82, 2.24) is 19.9 Å². The van der Waals surface area contributed by atoms with Gasteiger partial charge in [-0.2, -0.15) is 4.72 Å². The second-order valence-corrected chi connectivity index (χ2v) is 15.1. The molecule has 0 aliphatic carbocycles. The van der Waals surface area contributed by atoms with Gasteiger partial charge < -0.3 is 16.0 Å². The number of hydrogen-bond donors (Lipinski definition) is 4. The van der Waals surface area contributed by atoms with E-state index in [1.54, 1.807) is 53.6 Å². The Kier molecular flexibility index (Phi) is 11.3. The molecule has 240 valence electrons. The van der Waals surface area contributed by atoms with Crippen molar-refractivity contribution in [3.05, 3.63) is 102 Å². The average Bonchev–Trinajstić information content (AvgIpc) is 3.08. The molecule has 4 aromatic rings. The molecule has 46 heavy (non-hydrogen) atoms. The van der Waals surface area contributed by atoms with Crippen LogP contribution in [0.25, 0.3) is 10.8 Å². The van der Waals surface area contributed by atoms with Crippen LogP contribution >= 0.6 is 21.6 Å². The lowest BCUT2D eigenvalue weighted by atomic mass is 10.0. The van der Waals surface area contributed by atoms with E-state index in [-0.39, 0.29) is 28.8 Å². The molecule has 0 unspecified atom stereocenters. The van der Waals surface area contributed by atoms with Crippen LogP contribution in [0.15, 0.2) is 101 Å². The van der Waals surface area contributed by atoms with Crippen molar-refractivity contribution in [2.75, 3.05) is 18.8 Å². The highest BCUT2D eigenvalue weighted by atomic mass is 33.1. The molecule has 0 bridgehead atoms. The zero-order valence-corrected chi connectivity index (χ0v) is 27.5. The van der Waals surface area contributed by atoms with Crippen LogP contribution in [-0.2, 0) is 26.0 Å². The summed E-state index contributed by atoms with van der Waals surface area (Å²) in [6.07, 6.45) is 4.66. The third-order valence-corrected chi connectivity index (χ3v) is 11.4. The highest BCUT2D eigenvalue weighted by Crippen LogP contribution is 2.30. The maximum absolute atomic E-state index is 13.9. The van der Waals surface area contributed by atoms with Crippen LogP contribution in [0, 0.1) is 5.41 Å². The molecule has 5 rings (SSSR count). The van der Waals surface area contributed by atoms with Crippen molar-refractivity contribution < 1.29 is 18.0 Å². The number of rotatable bonds is 13. The number of carbonyl (C=O) groups excluding carboxylic acids is 2. The third-order valence-electron chi connectivity index (χ3n) is 7.65. The highest BCUT2D eigenvalue weighted by Gasteiger charge is 2.32. The van der Waals surface area contributed by atoms with Crippen molar-refractivity contribution in [2.24, 2.45) is 5.73 Å². The van der Waals surface area contributed by atoms with E-state index in [9.17, 15) is 18.0 Å². The van der Waals surface area contributed by atoms with Gasteiger partial charge in [0.25, 0.3) is 0 Å². The third kappa shape index (κ3) is 8.87. The normalized spacial score (nSPS) is 14.8. The fourth-order valence-electron chi connectivity index (χ4n) is 5.18. The fourth-order valence-corrected chi connectivity index (χ4v) is 8.58. The Bertz CT molecular complexity index is 1780. The monoisotopic (exact) mass is 676 g/mol. The summed E-state index contributed by atoms with van der Waals surface area (Å²) < 4.78 is 29.9. The molecule has 1 aliphatic rings. The molecule has 10 nitrogen and oxygen atoms in total. The van der Waals surface area contributed by atoms with Gasteiger partial charge in [0.15, 0.2) is 0 Å². The Morgan fingerprint density at radius 2 is 1.63 bits per heavy atom. The molecule has 1 fully saturated rings. The van der Waals surface area contributed by atoms with Crippen LogP contribution in [0.4, 0.5) is 0 Å². The van der Waals surface area contributed by atoms with Gasteiger partial charge in [0, 0.05) is 37.0 Å². The number of aromatic nitrogens is 1. The molecule has 0 radical (unpaired) electrons. The SMILES string of the molecule is N=C(N)c1ccc(C[C@H](NC(=O)[C@H](CSSc2ccccn2)NS(=O)(=O)c2ccc3ccccc3c2)C(=O)N2CCCCC2)cc1. The van der Waals surface area contributed by atoms with Gasteiger partial charge in [0.1, 0.15) is 22.9 Å². The van der Waals surface area contributed by atoms with Gasteiger partial charge in [-0.15, -0.1) is 0 Å². The molecule has 0 saturated carbocycles. The molecular weight excluding hydrogens is 641 g/mol. The maximum atomic E-state index is 13.9. The van der Waals surface area contributed by atoms with Crippen molar-refractivity contribution in [2.45, 2.75) is 47.7 Å². The van der Waals surface area contributed by atoms with Gasteiger partial charge in [-0.05, 0) is 70.7 Å². The fraction of sp³-hybridized carbons (Fsp3) is 0.273. The zero-order valence-electron chi connectivity index (χ0n) is 25.1. The van der Waals surface area contributed by atoms with Crippen LogP contribution in [-0.4, -0.2) is 66.9 Å². The molecule has 5 N–H and O–H groups in total. The number of amidine groups is 1. The number of amides is 2. The summed E-state index contributed by atoms with van der Waals surface area (Å²) in [5.74, 6) is -0.800. The number of nitrogens with one attached hydrogen (secondary N) is 3. The van der Waals surface area contributed by atoms with E-state index in [1.165, 1.54) is 27.7 Å². The minimum atomic E-state index is -4.12. The second-order valence-electron chi connectivity index (χ2n) is 11.0. The van der Waals surface area contributed by atoms with Crippen LogP contribution in [0.3, 0.4) is 0 Å². The first-order chi connectivity index (χ1) is 22.2. The van der Waals surface area contributed by atoms with Gasteiger partial charge in [0.05, 0.1) is 4.90 Å². The van der Waals surface area contributed by atoms with E-state index in [1.807, 2.05) is 36.4 Å². The van der Waals surface area contributed by atoms with Crippen molar-refractivity contribution >= 4 is 60.0 Å². The van der Waals surface area contributed by atoms with Crippen LogP contribution in [0.5, 0.6) is 0 Å². The van der Waals surface area contributed by atoms with Crippen LogP contribution in [0.2, 0.25) is 0 Å². The smallest absolute Gasteiger partial charge is 0.245 e. The quantitative estimate of drug-likeness (QED) is 0.0925. The van der Waals surface area contributed by atoms with E-state index in [0.29, 0.717) is 18.7 Å². The molecule has 1 aromatic heterocycles. The van der Waals surface area contributed by atoms with E-state index in [0.717, 1.165) is 40.6 Å². The van der Waals surface area contributed by atoms with Gasteiger partial charge in [-0.25, -0.2) is 13.4 Å². The summed E-state index contributed by atoms with van der Waals surface area (Å²) in [7, 11) is -1.49. The Morgan fingerprint density at radius 3 is 2.33 bits per heavy atom. The number of pyridine rings is 1. The number of nitrogens with zero attached hydrogens (tertiary/aromatic N) is 2. The summed E-state index contributed by atoms with van der Waals surface area (Å²) in [5, 5.41) is 12.9. The summed E-state index contributed by atoms with van der Waals surface area (Å²) in [6, 6.07) is 22.6. The predicted octanol–water partition coefficient (Wildman–Crippen LogP) is 4.35. The lowest BCUT2D eigenvalue weighted by Gasteiger charge is -2.31. The second kappa shape index (κ2) is 15.6. The molecule has 2 heterocycles. The Balaban J connectivity index is 1.39. The van der Waals surface area contributed by atoms with E-state index < -0.39 is 28.0 Å². The number of carbonyl (C=O) groups is 2. The lowest BCUT2D eigenvalue weighted by molar-refractivity contribution is -0.137. The predicted molar refractivity (Wildman–Crippen MR) is 184 cm³/mol. The van der Waals surface area contributed by atoms with Crippen LogP contribution in [0.1, 0.15) is 30.4 Å². The van der Waals surface area contributed by atoms with Gasteiger partial charge >= 0.3 is 0 Å². The molecule has 1 aliphatic heterocycles. The number of sulfonamides is 1. The molecule has 1 saturated heterocycles. The molecule has 2 atom stereocenters. The Hall–Kier alpha value is -3.91. The van der Waals surface area contributed by atoms with Crippen molar-refractivity contribution in [3.63, 3.8) is 0 Å². The average molecular weight is 677 g/mol. The van der Waals surface area contributed by atoms with Crippen LogP contribution < -0.4 is 15.8 Å². The number of likely N-dealkylation sites (tertiary alicyclic amines) is 1. The van der Waals surface area contributed by atoms with E-state index in [2.05, 4.69) is 15.0 Å². The standard InChI is InChI=1S/C33H36N6O4S3/c34-31(35)25-13-11-23(12-14-25)20-28(33(41)39-18-6-1-7-19-39)37-32(40)29(22-44-45-30-10-4-5-17-36-30)38-46(42,43)27-16-15-24-8-2-3-9-26(24)21-27/h2-5,8-17,21,28-29,38H,1,6-7,18-20,22H2,(H3,34,35)(H,37,40)/t28-,29-/m0/s1. The minimum absolute atomic E-state index is 0.0397. The topological polar surface area (TPSA) is 158 Å². The first kappa shape index (κ1) is 33.5. The maximum Gasteiger partial charge on any atom is 0.245 e. The minimum Gasteiger partial charge on any atom is -0.384 e. The summed E-state index contributed by atoms with van der Waals surface area (Å²) in [4.78, 5) is 33.8. The van der Waals surface area contributed by atoms with Gasteiger partial charge in [-0.1, -0.05) is 71.5 Å².